The summed E-state index contributed by atoms with van der Waals surface area (Å²) in [7, 11) is 0. The monoisotopic (exact) mass is 345 g/mol. The van der Waals surface area contributed by atoms with Crippen molar-refractivity contribution in [2.75, 3.05) is 18.5 Å². The zero-order chi connectivity index (χ0) is 15.2. The number of halogens is 3. The predicted octanol–water partition coefficient (Wildman–Crippen LogP) is 4.50. The summed E-state index contributed by atoms with van der Waals surface area (Å²) in [6.07, 6.45) is -0.668. The lowest BCUT2D eigenvalue weighted by atomic mass is 10.3. The van der Waals surface area contributed by atoms with Crippen LogP contribution in [-0.2, 0) is 0 Å². The van der Waals surface area contributed by atoms with Gasteiger partial charge in [-0.3, -0.25) is 0 Å². The van der Waals surface area contributed by atoms with Crippen molar-refractivity contribution in [1.82, 2.24) is 0 Å². The Morgan fingerprint density at radius 2 is 1.86 bits per heavy atom. The molecule has 0 saturated heterocycles. The zero-order valence-corrected chi connectivity index (χ0v) is 13.3. The molecule has 3 nitrogen and oxygen atoms in total. The Balaban J connectivity index is 1.79. The molecule has 0 aliphatic heterocycles. The van der Waals surface area contributed by atoms with Crippen LogP contribution in [0.5, 0.6) is 5.75 Å². The number of aliphatic hydroxyl groups excluding tert-OH is 1. The highest BCUT2D eigenvalue weighted by atomic mass is 35.5. The highest BCUT2D eigenvalue weighted by Crippen LogP contribution is 2.25. The second-order valence-electron chi connectivity index (χ2n) is 4.43. The SMILES string of the molecule is OC(CNc1ccc(Cl)c(Cl)c1)COc1cccc(Cl)c1. The number of rotatable bonds is 6. The lowest BCUT2D eigenvalue weighted by molar-refractivity contribution is 0.117. The summed E-state index contributed by atoms with van der Waals surface area (Å²) >= 11 is 17.6. The van der Waals surface area contributed by atoms with Gasteiger partial charge in [-0.15, -0.1) is 0 Å². The van der Waals surface area contributed by atoms with Gasteiger partial charge in [0.25, 0.3) is 0 Å². The van der Waals surface area contributed by atoms with Crippen molar-refractivity contribution in [1.29, 1.82) is 0 Å². The largest absolute Gasteiger partial charge is 0.491 e. The normalized spacial score (nSPS) is 12.0. The summed E-state index contributed by atoms with van der Waals surface area (Å²) in [5, 5.41) is 14.5. The van der Waals surface area contributed by atoms with Crippen LogP contribution in [0, 0.1) is 0 Å². The molecule has 0 fully saturated rings. The van der Waals surface area contributed by atoms with E-state index < -0.39 is 6.10 Å². The minimum absolute atomic E-state index is 0.161. The van der Waals surface area contributed by atoms with Crippen molar-refractivity contribution in [3.63, 3.8) is 0 Å². The van der Waals surface area contributed by atoms with E-state index in [4.69, 9.17) is 39.5 Å². The number of anilines is 1. The van der Waals surface area contributed by atoms with Gasteiger partial charge in [-0.1, -0.05) is 40.9 Å². The fourth-order valence-corrected chi connectivity index (χ4v) is 2.13. The van der Waals surface area contributed by atoms with E-state index in [2.05, 4.69) is 5.32 Å². The fourth-order valence-electron chi connectivity index (χ4n) is 1.65. The third-order valence-corrected chi connectivity index (χ3v) is 3.67. The Bertz CT molecular complexity index is 607. The highest BCUT2D eigenvalue weighted by molar-refractivity contribution is 6.42. The van der Waals surface area contributed by atoms with Gasteiger partial charge in [-0.25, -0.2) is 0 Å². The van der Waals surface area contributed by atoms with E-state index in [9.17, 15) is 5.11 Å². The Morgan fingerprint density at radius 3 is 2.57 bits per heavy atom. The lowest BCUT2D eigenvalue weighted by Crippen LogP contribution is -2.26. The molecule has 6 heteroatoms. The topological polar surface area (TPSA) is 41.5 Å². The Kier molecular flexibility index (Phi) is 6.00. The number of ether oxygens (including phenoxy) is 1. The maximum atomic E-state index is 9.89. The fraction of sp³-hybridized carbons (Fsp3) is 0.200. The summed E-state index contributed by atoms with van der Waals surface area (Å²) < 4.78 is 5.46. The number of benzene rings is 2. The number of hydrogen-bond acceptors (Lipinski definition) is 3. The van der Waals surface area contributed by atoms with E-state index in [1.54, 1.807) is 42.5 Å². The minimum atomic E-state index is -0.668. The maximum Gasteiger partial charge on any atom is 0.120 e. The van der Waals surface area contributed by atoms with Crippen LogP contribution in [0.3, 0.4) is 0 Å². The van der Waals surface area contributed by atoms with Gasteiger partial charge < -0.3 is 15.2 Å². The number of nitrogens with one attached hydrogen (secondary N) is 1. The molecule has 0 spiro atoms. The van der Waals surface area contributed by atoms with Crippen LogP contribution < -0.4 is 10.1 Å². The highest BCUT2D eigenvalue weighted by Gasteiger charge is 2.06. The van der Waals surface area contributed by atoms with E-state index in [1.165, 1.54) is 0 Å². The quantitative estimate of drug-likeness (QED) is 0.809. The molecular formula is C15H14Cl3NO2. The van der Waals surface area contributed by atoms with E-state index in [1.807, 2.05) is 0 Å². The standard InChI is InChI=1S/C15H14Cl3NO2/c16-10-2-1-3-13(6-10)21-9-12(20)8-19-11-4-5-14(17)15(18)7-11/h1-7,12,19-20H,8-9H2. The molecule has 0 saturated carbocycles. The molecule has 2 aromatic carbocycles. The van der Waals surface area contributed by atoms with Crippen molar-refractivity contribution in [3.8, 4) is 5.75 Å². The lowest BCUT2D eigenvalue weighted by Gasteiger charge is -2.14. The predicted molar refractivity (Wildman–Crippen MR) is 87.9 cm³/mol. The third-order valence-electron chi connectivity index (χ3n) is 2.70. The molecule has 0 aliphatic rings. The van der Waals surface area contributed by atoms with Gasteiger partial charge in [0.05, 0.1) is 10.0 Å². The molecule has 2 rings (SSSR count). The smallest absolute Gasteiger partial charge is 0.120 e. The average Bonchev–Trinajstić information content (AvgIpc) is 2.46. The van der Waals surface area contributed by atoms with Gasteiger partial charge in [0, 0.05) is 17.3 Å². The Morgan fingerprint density at radius 1 is 1.05 bits per heavy atom. The van der Waals surface area contributed by atoms with Crippen LogP contribution in [0.4, 0.5) is 5.69 Å². The molecule has 21 heavy (non-hydrogen) atoms. The van der Waals surface area contributed by atoms with Crippen LogP contribution in [0.25, 0.3) is 0 Å². The van der Waals surface area contributed by atoms with Gasteiger partial charge in [-0.05, 0) is 36.4 Å². The first-order valence-corrected chi connectivity index (χ1v) is 7.43. The first-order chi connectivity index (χ1) is 10.0. The maximum absolute atomic E-state index is 9.89. The third kappa shape index (κ3) is 5.29. The van der Waals surface area contributed by atoms with E-state index in [-0.39, 0.29) is 6.61 Å². The van der Waals surface area contributed by atoms with Crippen LogP contribution in [0.1, 0.15) is 0 Å². The van der Waals surface area contributed by atoms with Gasteiger partial charge in [-0.2, -0.15) is 0 Å². The molecule has 0 radical (unpaired) electrons. The summed E-state index contributed by atoms with van der Waals surface area (Å²) in [6.45, 7) is 0.493. The molecule has 0 amide bonds. The van der Waals surface area contributed by atoms with Crippen molar-refractivity contribution in [2.45, 2.75) is 6.10 Å². The molecule has 1 unspecified atom stereocenters. The van der Waals surface area contributed by atoms with Gasteiger partial charge >= 0.3 is 0 Å². The molecule has 0 aromatic heterocycles. The van der Waals surface area contributed by atoms with E-state index in [0.29, 0.717) is 27.4 Å². The van der Waals surface area contributed by atoms with Crippen molar-refractivity contribution in [2.24, 2.45) is 0 Å². The van der Waals surface area contributed by atoms with Crippen LogP contribution >= 0.6 is 34.8 Å². The minimum Gasteiger partial charge on any atom is -0.491 e. The van der Waals surface area contributed by atoms with E-state index >= 15 is 0 Å². The molecule has 2 N–H and O–H groups in total. The van der Waals surface area contributed by atoms with E-state index in [0.717, 1.165) is 5.69 Å². The van der Waals surface area contributed by atoms with Crippen LogP contribution in [0.2, 0.25) is 15.1 Å². The molecule has 0 heterocycles. The number of hydrogen-bond donors (Lipinski definition) is 2. The molecule has 0 aliphatic carbocycles. The zero-order valence-electron chi connectivity index (χ0n) is 11.0. The number of aliphatic hydroxyl groups is 1. The summed E-state index contributed by atoms with van der Waals surface area (Å²) in [5.74, 6) is 0.621. The van der Waals surface area contributed by atoms with Crippen LogP contribution in [0.15, 0.2) is 42.5 Å². The molecule has 112 valence electrons. The Hall–Kier alpha value is -1.13. The molecule has 0 bridgehead atoms. The Labute approximate surface area is 138 Å². The van der Waals surface area contributed by atoms with Gasteiger partial charge in [0.2, 0.25) is 0 Å². The summed E-state index contributed by atoms with van der Waals surface area (Å²) in [6, 6.07) is 12.2. The molecular weight excluding hydrogens is 333 g/mol. The van der Waals surface area contributed by atoms with Gasteiger partial charge in [0.1, 0.15) is 18.5 Å². The second kappa shape index (κ2) is 7.76. The first-order valence-electron chi connectivity index (χ1n) is 6.30. The summed E-state index contributed by atoms with van der Waals surface area (Å²) in [5.41, 5.74) is 0.784. The van der Waals surface area contributed by atoms with Crippen molar-refractivity contribution >= 4 is 40.5 Å². The molecule has 1 atom stereocenters. The van der Waals surface area contributed by atoms with Crippen molar-refractivity contribution < 1.29 is 9.84 Å². The average molecular weight is 347 g/mol. The summed E-state index contributed by atoms with van der Waals surface area (Å²) in [4.78, 5) is 0. The molecule has 2 aromatic rings. The van der Waals surface area contributed by atoms with Crippen molar-refractivity contribution in [3.05, 3.63) is 57.5 Å². The second-order valence-corrected chi connectivity index (χ2v) is 5.68. The first kappa shape index (κ1) is 16.2. The van der Waals surface area contributed by atoms with Crippen LogP contribution in [-0.4, -0.2) is 24.4 Å². The van der Waals surface area contributed by atoms with Gasteiger partial charge in [0.15, 0.2) is 0 Å².